The number of benzene rings is 2. The Hall–Kier alpha value is -3.67. The van der Waals surface area contributed by atoms with Crippen molar-refractivity contribution in [3.8, 4) is 11.1 Å². The molecule has 1 saturated heterocycles. The third-order valence-corrected chi connectivity index (χ3v) is 6.83. The lowest BCUT2D eigenvalue weighted by Gasteiger charge is -2.36. The van der Waals surface area contributed by atoms with Crippen LogP contribution in [0.4, 0.5) is 10.5 Å². The van der Waals surface area contributed by atoms with Gasteiger partial charge in [-0.15, -0.1) is 0 Å². The van der Waals surface area contributed by atoms with Crippen LogP contribution in [0.2, 0.25) is 0 Å². The highest BCUT2D eigenvalue weighted by molar-refractivity contribution is 5.99. The number of aromatic nitrogens is 1. The molecule has 194 valence electrons. The van der Waals surface area contributed by atoms with Gasteiger partial charge in [0.15, 0.2) is 5.78 Å². The fraction of sp³-hybridized carbons (Fsp3) is 0.387. The third kappa shape index (κ3) is 6.56. The van der Waals surface area contributed by atoms with Crippen LogP contribution in [0.1, 0.15) is 57.9 Å². The fourth-order valence-corrected chi connectivity index (χ4v) is 5.34. The highest BCUT2D eigenvalue weighted by Gasteiger charge is 2.26. The van der Waals surface area contributed by atoms with Crippen molar-refractivity contribution in [2.75, 3.05) is 24.6 Å². The van der Waals surface area contributed by atoms with Gasteiger partial charge in [-0.1, -0.05) is 46.5 Å². The van der Waals surface area contributed by atoms with E-state index in [1.165, 1.54) is 11.1 Å². The van der Waals surface area contributed by atoms with E-state index < -0.39 is 0 Å². The minimum atomic E-state index is -0.361. The van der Waals surface area contributed by atoms with Crippen LogP contribution in [-0.2, 0) is 11.2 Å². The number of aryl methyl sites for hydroxylation is 4. The van der Waals surface area contributed by atoms with E-state index in [1.807, 2.05) is 38.4 Å². The summed E-state index contributed by atoms with van der Waals surface area (Å²) in [7, 11) is 0. The molecular weight excluding hydrogens is 462 g/mol. The number of piperidine rings is 1. The van der Waals surface area contributed by atoms with Crippen molar-refractivity contribution in [1.29, 1.82) is 0 Å². The molecule has 0 spiro atoms. The number of amides is 1. The number of nitrogens with one attached hydrogen (secondary N) is 1. The van der Waals surface area contributed by atoms with E-state index in [-0.39, 0.29) is 24.3 Å². The molecule has 0 radical (unpaired) electrons. The zero-order chi connectivity index (χ0) is 26.5. The standard InChI is InChI=1S/C31H37N3O3/c1-6-37-31(36)33-27-7-9-34(10-8-27)30-26(17-29(35)25-15-22(4)12-23(5)16-25)18-32-19-28(30)24-13-20(2)11-21(3)14-24/h11-16,18-19,27H,6-10,17H2,1-5H3,(H,33,36). The minimum absolute atomic E-state index is 0.0714. The van der Waals surface area contributed by atoms with E-state index in [9.17, 15) is 9.59 Å². The average molecular weight is 500 g/mol. The number of carbonyl (C=O) groups excluding carboxylic acids is 2. The third-order valence-electron chi connectivity index (χ3n) is 6.83. The summed E-state index contributed by atoms with van der Waals surface area (Å²) < 4.78 is 5.07. The number of nitrogens with zero attached hydrogens (tertiary/aromatic N) is 2. The number of ketones is 1. The van der Waals surface area contributed by atoms with Crippen LogP contribution in [0, 0.1) is 27.7 Å². The first kappa shape index (κ1) is 26.4. The molecule has 0 unspecified atom stereocenters. The number of ether oxygens (including phenoxy) is 1. The molecule has 1 aliphatic heterocycles. The Morgan fingerprint density at radius 3 is 2.11 bits per heavy atom. The average Bonchev–Trinajstić information content (AvgIpc) is 2.83. The second kappa shape index (κ2) is 11.6. The van der Waals surface area contributed by atoms with E-state index in [1.54, 1.807) is 6.92 Å². The van der Waals surface area contributed by atoms with Crippen molar-refractivity contribution in [3.63, 3.8) is 0 Å². The monoisotopic (exact) mass is 499 g/mol. The summed E-state index contributed by atoms with van der Waals surface area (Å²) in [6.45, 7) is 11.9. The molecule has 3 aromatic rings. The summed E-state index contributed by atoms with van der Waals surface area (Å²) in [4.78, 5) is 32.3. The highest BCUT2D eigenvalue weighted by atomic mass is 16.5. The summed E-state index contributed by atoms with van der Waals surface area (Å²) in [6, 6.07) is 12.6. The Balaban J connectivity index is 1.68. The number of pyridine rings is 1. The molecule has 0 bridgehead atoms. The molecule has 1 amide bonds. The summed E-state index contributed by atoms with van der Waals surface area (Å²) in [5.41, 5.74) is 9.41. The summed E-state index contributed by atoms with van der Waals surface area (Å²) in [6.07, 6.45) is 5.28. The van der Waals surface area contributed by atoms with Crippen molar-refractivity contribution in [1.82, 2.24) is 10.3 Å². The lowest BCUT2D eigenvalue weighted by atomic mass is 9.93. The molecule has 2 heterocycles. The van der Waals surface area contributed by atoms with Crippen LogP contribution in [0.15, 0.2) is 48.8 Å². The van der Waals surface area contributed by atoms with Gasteiger partial charge in [-0.3, -0.25) is 9.78 Å². The smallest absolute Gasteiger partial charge is 0.407 e. The zero-order valence-corrected chi connectivity index (χ0v) is 22.6. The van der Waals surface area contributed by atoms with Gasteiger partial charge >= 0.3 is 6.09 Å². The molecule has 1 N–H and O–H groups in total. The van der Waals surface area contributed by atoms with Crippen molar-refractivity contribution >= 4 is 17.6 Å². The first-order chi connectivity index (χ1) is 17.7. The summed E-state index contributed by atoms with van der Waals surface area (Å²) in [5.74, 6) is 0.0892. The number of alkyl carbamates (subject to hydrolysis) is 1. The Labute approximate surface area is 220 Å². The summed E-state index contributed by atoms with van der Waals surface area (Å²) in [5, 5.41) is 2.98. The van der Waals surface area contributed by atoms with Crippen LogP contribution in [0.5, 0.6) is 0 Å². The molecular formula is C31H37N3O3. The van der Waals surface area contributed by atoms with Gasteiger partial charge in [0.25, 0.3) is 0 Å². The van der Waals surface area contributed by atoms with E-state index in [0.29, 0.717) is 6.61 Å². The van der Waals surface area contributed by atoms with Crippen molar-refractivity contribution in [3.05, 3.63) is 82.2 Å². The molecule has 6 heteroatoms. The number of rotatable bonds is 7. The van der Waals surface area contributed by atoms with Gasteiger partial charge < -0.3 is 15.0 Å². The van der Waals surface area contributed by atoms with Gasteiger partial charge in [0.1, 0.15) is 0 Å². The molecule has 0 saturated carbocycles. The quantitative estimate of drug-likeness (QED) is 0.397. The topological polar surface area (TPSA) is 71.5 Å². The van der Waals surface area contributed by atoms with Crippen molar-refractivity contribution < 1.29 is 14.3 Å². The second-order valence-electron chi connectivity index (χ2n) is 10.2. The normalized spacial score (nSPS) is 13.9. The van der Waals surface area contributed by atoms with Gasteiger partial charge in [0, 0.05) is 54.6 Å². The largest absolute Gasteiger partial charge is 0.450 e. The van der Waals surface area contributed by atoms with Crippen LogP contribution in [0.3, 0.4) is 0 Å². The first-order valence-electron chi connectivity index (χ1n) is 13.1. The Kier molecular flexibility index (Phi) is 8.27. The van der Waals surface area contributed by atoms with E-state index in [2.05, 4.69) is 53.3 Å². The lowest BCUT2D eigenvalue weighted by Crippen LogP contribution is -2.45. The van der Waals surface area contributed by atoms with Crippen LogP contribution >= 0.6 is 0 Å². The lowest BCUT2D eigenvalue weighted by molar-refractivity contribution is 0.0992. The van der Waals surface area contributed by atoms with E-state index >= 15 is 0 Å². The molecule has 1 fully saturated rings. The van der Waals surface area contributed by atoms with Gasteiger partial charge in [-0.05, 0) is 65.2 Å². The molecule has 1 aliphatic rings. The second-order valence-corrected chi connectivity index (χ2v) is 10.2. The van der Waals surface area contributed by atoms with Gasteiger partial charge in [0.2, 0.25) is 0 Å². The first-order valence-corrected chi connectivity index (χ1v) is 13.1. The number of hydrogen-bond donors (Lipinski definition) is 1. The predicted molar refractivity (Wildman–Crippen MR) is 148 cm³/mol. The molecule has 1 aromatic heterocycles. The maximum Gasteiger partial charge on any atom is 0.407 e. The molecule has 37 heavy (non-hydrogen) atoms. The summed E-state index contributed by atoms with van der Waals surface area (Å²) >= 11 is 0. The maximum absolute atomic E-state index is 13.4. The molecule has 0 atom stereocenters. The van der Waals surface area contributed by atoms with E-state index in [0.717, 1.165) is 65.0 Å². The SMILES string of the molecule is CCOC(=O)NC1CCN(c2c(CC(=O)c3cc(C)cc(C)c3)cncc2-c2cc(C)cc(C)c2)CC1. The molecule has 4 rings (SSSR count). The highest BCUT2D eigenvalue weighted by Crippen LogP contribution is 2.36. The van der Waals surface area contributed by atoms with Crippen LogP contribution < -0.4 is 10.2 Å². The van der Waals surface area contributed by atoms with Crippen molar-refractivity contribution in [2.24, 2.45) is 0 Å². The van der Waals surface area contributed by atoms with Crippen molar-refractivity contribution in [2.45, 2.75) is 59.9 Å². The van der Waals surface area contributed by atoms with Crippen LogP contribution in [-0.4, -0.2) is 42.6 Å². The number of Topliss-reactive ketones (excluding diaryl/α,β-unsaturated/α-hetero) is 1. The number of anilines is 1. The Morgan fingerprint density at radius 1 is 0.919 bits per heavy atom. The van der Waals surface area contributed by atoms with Gasteiger partial charge in [0.05, 0.1) is 12.3 Å². The zero-order valence-electron chi connectivity index (χ0n) is 22.6. The predicted octanol–water partition coefficient (Wildman–Crippen LogP) is 6.12. The van der Waals surface area contributed by atoms with Gasteiger partial charge in [-0.25, -0.2) is 4.79 Å². The molecule has 6 nitrogen and oxygen atoms in total. The Morgan fingerprint density at radius 2 is 1.51 bits per heavy atom. The fourth-order valence-electron chi connectivity index (χ4n) is 5.34. The maximum atomic E-state index is 13.4. The number of hydrogen-bond acceptors (Lipinski definition) is 5. The minimum Gasteiger partial charge on any atom is -0.450 e. The molecule has 0 aliphatic carbocycles. The van der Waals surface area contributed by atoms with Gasteiger partial charge in [-0.2, -0.15) is 0 Å². The Bertz CT molecular complexity index is 1250. The molecule has 2 aromatic carbocycles. The van der Waals surface area contributed by atoms with Crippen LogP contribution in [0.25, 0.3) is 11.1 Å². The number of carbonyl (C=O) groups is 2. The van der Waals surface area contributed by atoms with E-state index in [4.69, 9.17) is 4.74 Å².